The summed E-state index contributed by atoms with van der Waals surface area (Å²) in [5, 5.41) is 8.63. The van der Waals surface area contributed by atoms with Crippen LogP contribution in [0.5, 0.6) is 5.75 Å². The van der Waals surface area contributed by atoms with Gasteiger partial charge in [0, 0.05) is 26.0 Å². The number of para-hydroxylation sites is 1. The Bertz CT molecular complexity index is 835. The standard InChI is InChI=1S/C15H19F3N2O.C6H6O.C3H8O/c1-2-20-4-3-9-6-12-11(5-10(9)7-20)14(15(16,17)18)13(8-21)19-12;7-6-4-2-1-3-5-6;1-3-4-2/h8-10,19H,2-7H2,1H3;1-5,7H;3H2,1-2H3. The topological polar surface area (TPSA) is 65.6 Å². The molecule has 178 valence electrons. The number of likely N-dealkylation sites (tertiary alicyclic amines) is 1. The molecule has 32 heavy (non-hydrogen) atoms. The predicted octanol–water partition coefficient (Wildman–Crippen LogP) is 4.95. The van der Waals surface area contributed by atoms with E-state index in [0.717, 1.165) is 32.7 Å². The monoisotopic (exact) mass is 454 g/mol. The number of nitrogens with one attached hydrogen (secondary N) is 1. The molecular weight excluding hydrogens is 421 g/mol. The third-order valence-corrected chi connectivity index (χ3v) is 6.02. The zero-order valence-electron chi connectivity index (χ0n) is 18.9. The maximum Gasteiger partial charge on any atom is 0.418 e. The minimum atomic E-state index is -4.47. The molecule has 1 aromatic carbocycles. The van der Waals surface area contributed by atoms with Crippen LogP contribution in [0.4, 0.5) is 13.2 Å². The number of hydrogen-bond donors (Lipinski definition) is 2. The highest BCUT2D eigenvalue weighted by atomic mass is 19.4. The molecule has 0 spiro atoms. The van der Waals surface area contributed by atoms with Crippen LogP contribution < -0.4 is 0 Å². The molecule has 0 bridgehead atoms. The number of piperidine rings is 1. The van der Waals surface area contributed by atoms with Crippen LogP contribution in [0.1, 0.15) is 47.6 Å². The van der Waals surface area contributed by atoms with Gasteiger partial charge in [-0.2, -0.15) is 13.2 Å². The van der Waals surface area contributed by atoms with Crippen LogP contribution in [0.3, 0.4) is 0 Å². The Hall–Kier alpha value is -2.32. The zero-order valence-corrected chi connectivity index (χ0v) is 18.9. The number of halogens is 3. The van der Waals surface area contributed by atoms with Crippen molar-refractivity contribution in [3.63, 3.8) is 0 Å². The molecule has 0 radical (unpaired) electrons. The van der Waals surface area contributed by atoms with Crippen molar-refractivity contribution in [3.05, 3.63) is 52.8 Å². The van der Waals surface area contributed by atoms with Gasteiger partial charge in [-0.15, -0.1) is 0 Å². The van der Waals surface area contributed by atoms with Crippen LogP contribution in [-0.2, 0) is 23.8 Å². The Labute approximate surface area is 187 Å². The second-order valence-corrected chi connectivity index (χ2v) is 8.01. The van der Waals surface area contributed by atoms with E-state index in [1.165, 1.54) is 0 Å². The Morgan fingerprint density at radius 1 is 1.19 bits per heavy atom. The Balaban J connectivity index is 0.000000273. The number of hydrogen-bond acceptors (Lipinski definition) is 4. The van der Waals surface area contributed by atoms with E-state index in [9.17, 15) is 18.0 Å². The molecule has 2 N–H and O–H groups in total. The van der Waals surface area contributed by atoms with E-state index in [0.29, 0.717) is 42.1 Å². The van der Waals surface area contributed by atoms with Crippen molar-refractivity contribution in [2.75, 3.05) is 33.4 Å². The highest BCUT2D eigenvalue weighted by Gasteiger charge is 2.43. The summed E-state index contributed by atoms with van der Waals surface area (Å²) < 4.78 is 44.2. The van der Waals surface area contributed by atoms with Gasteiger partial charge in [0.25, 0.3) is 0 Å². The maximum atomic E-state index is 13.2. The Kier molecular flexibility index (Phi) is 9.78. The molecule has 0 saturated carbocycles. The second kappa shape index (κ2) is 12.1. The second-order valence-electron chi connectivity index (χ2n) is 8.01. The molecule has 1 fully saturated rings. The number of ether oxygens (including phenoxy) is 1. The van der Waals surface area contributed by atoms with Crippen molar-refractivity contribution in [2.24, 2.45) is 11.8 Å². The summed E-state index contributed by atoms with van der Waals surface area (Å²) in [5.41, 5.74) is -0.0995. The maximum absolute atomic E-state index is 13.2. The molecule has 0 amide bonds. The molecule has 2 aliphatic rings. The third-order valence-electron chi connectivity index (χ3n) is 6.02. The first kappa shape index (κ1) is 25.9. The fourth-order valence-electron chi connectivity index (χ4n) is 4.32. The molecular formula is C24H33F3N2O3. The first-order valence-corrected chi connectivity index (χ1v) is 11.0. The lowest BCUT2D eigenvalue weighted by molar-refractivity contribution is -0.138. The lowest BCUT2D eigenvalue weighted by Gasteiger charge is -2.41. The number of carbonyl (C=O) groups excluding carboxylic acids is 1. The van der Waals surface area contributed by atoms with E-state index in [1.54, 1.807) is 31.4 Å². The summed E-state index contributed by atoms with van der Waals surface area (Å²) in [6.07, 6.45) is -2.09. The fraction of sp³-hybridized carbons (Fsp3) is 0.542. The van der Waals surface area contributed by atoms with Gasteiger partial charge in [0.05, 0.1) is 11.3 Å². The van der Waals surface area contributed by atoms with E-state index in [2.05, 4.69) is 21.5 Å². The van der Waals surface area contributed by atoms with Crippen LogP contribution >= 0.6 is 0 Å². The minimum absolute atomic E-state index is 0.266. The third kappa shape index (κ3) is 6.84. The van der Waals surface area contributed by atoms with Gasteiger partial charge in [-0.1, -0.05) is 25.1 Å². The Morgan fingerprint density at radius 3 is 2.31 bits per heavy atom. The minimum Gasteiger partial charge on any atom is -0.508 e. The molecule has 4 rings (SSSR count). The Morgan fingerprint density at radius 2 is 1.84 bits per heavy atom. The van der Waals surface area contributed by atoms with Crippen molar-refractivity contribution in [1.29, 1.82) is 0 Å². The summed E-state index contributed by atoms with van der Waals surface area (Å²) in [4.78, 5) is 16.0. The number of aldehydes is 1. The van der Waals surface area contributed by atoms with Gasteiger partial charge in [0.15, 0.2) is 6.29 Å². The number of aromatic hydroxyl groups is 1. The summed E-state index contributed by atoms with van der Waals surface area (Å²) in [6.45, 7) is 7.67. The number of rotatable bonds is 3. The average molecular weight is 455 g/mol. The molecule has 8 heteroatoms. The number of benzene rings is 1. The largest absolute Gasteiger partial charge is 0.508 e. The van der Waals surface area contributed by atoms with Crippen molar-refractivity contribution in [2.45, 2.75) is 39.3 Å². The average Bonchev–Trinajstić information content (AvgIpc) is 3.16. The SMILES string of the molecule is CCN1CCC2Cc3[nH]c(C=O)c(C(F)(F)F)c3CC2C1.CCOC.Oc1ccccc1. The number of alkyl halides is 3. The van der Waals surface area contributed by atoms with Gasteiger partial charge in [0.1, 0.15) is 5.75 Å². The number of H-pyrrole nitrogens is 1. The lowest BCUT2D eigenvalue weighted by Crippen LogP contribution is -2.43. The molecule has 1 aromatic heterocycles. The van der Waals surface area contributed by atoms with Gasteiger partial charge in [-0.3, -0.25) is 4.79 Å². The summed E-state index contributed by atoms with van der Waals surface area (Å²) in [5.74, 6) is 1.02. The van der Waals surface area contributed by atoms with Crippen molar-refractivity contribution in [3.8, 4) is 5.75 Å². The van der Waals surface area contributed by atoms with Crippen LogP contribution in [0, 0.1) is 11.8 Å². The van der Waals surface area contributed by atoms with Crippen molar-refractivity contribution in [1.82, 2.24) is 9.88 Å². The summed E-state index contributed by atoms with van der Waals surface area (Å²) >= 11 is 0. The van der Waals surface area contributed by atoms with E-state index in [-0.39, 0.29) is 11.6 Å². The summed E-state index contributed by atoms with van der Waals surface area (Å²) in [6, 6.07) is 8.71. The van der Waals surface area contributed by atoms with E-state index in [4.69, 9.17) is 5.11 Å². The number of methoxy groups -OCH3 is 1. The fourth-order valence-corrected chi connectivity index (χ4v) is 4.32. The number of carbonyl (C=O) groups is 1. The summed E-state index contributed by atoms with van der Waals surface area (Å²) in [7, 11) is 1.68. The van der Waals surface area contributed by atoms with Gasteiger partial charge in [0.2, 0.25) is 0 Å². The lowest BCUT2D eigenvalue weighted by atomic mass is 9.73. The number of aromatic amines is 1. The highest BCUT2D eigenvalue weighted by molar-refractivity contribution is 5.76. The number of phenols is 1. The first-order valence-electron chi connectivity index (χ1n) is 11.0. The zero-order chi connectivity index (χ0) is 23.7. The highest BCUT2D eigenvalue weighted by Crippen LogP contribution is 2.43. The molecule has 2 aromatic rings. The molecule has 1 aliphatic heterocycles. The van der Waals surface area contributed by atoms with Crippen LogP contribution in [-0.4, -0.2) is 54.6 Å². The van der Waals surface area contributed by atoms with E-state index >= 15 is 0 Å². The van der Waals surface area contributed by atoms with Crippen LogP contribution in [0.15, 0.2) is 30.3 Å². The van der Waals surface area contributed by atoms with Gasteiger partial charge >= 0.3 is 6.18 Å². The van der Waals surface area contributed by atoms with Gasteiger partial charge < -0.3 is 19.7 Å². The quantitative estimate of drug-likeness (QED) is 0.645. The van der Waals surface area contributed by atoms with E-state index in [1.807, 2.05) is 13.0 Å². The number of nitrogens with zero attached hydrogens (tertiary/aromatic N) is 1. The molecule has 5 nitrogen and oxygen atoms in total. The normalized spacial score (nSPS) is 20.1. The predicted molar refractivity (Wildman–Crippen MR) is 118 cm³/mol. The smallest absolute Gasteiger partial charge is 0.418 e. The van der Waals surface area contributed by atoms with E-state index < -0.39 is 11.7 Å². The first-order chi connectivity index (χ1) is 15.2. The van der Waals surface area contributed by atoms with Crippen LogP contribution in [0.2, 0.25) is 0 Å². The molecule has 1 saturated heterocycles. The molecule has 2 unspecified atom stereocenters. The molecule has 2 atom stereocenters. The molecule has 1 aliphatic carbocycles. The van der Waals surface area contributed by atoms with Gasteiger partial charge in [-0.05, 0) is 68.8 Å². The number of aromatic nitrogens is 1. The van der Waals surface area contributed by atoms with Crippen molar-refractivity contribution < 1.29 is 27.8 Å². The molecule has 2 heterocycles. The number of phenolic OH excluding ortho intramolecular Hbond substituents is 1. The number of fused-ring (bicyclic) bond motifs is 2. The van der Waals surface area contributed by atoms with Crippen LogP contribution in [0.25, 0.3) is 0 Å². The van der Waals surface area contributed by atoms with Gasteiger partial charge in [-0.25, -0.2) is 0 Å². The van der Waals surface area contributed by atoms with Crippen molar-refractivity contribution >= 4 is 6.29 Å².